The van der Waals surface area contributed by atoms with Crippen LogP contribution >= 0.6 is 11.6 Å². The Morgan fingerprint density at radius 1 is 0.929 bits per heavy atom. The average molecular weight is 582 g/mol. The largest absolute Gasteiger partial charge is 0.495 e. The summed E-state index contributed by atoms with van der Waals surface area (Å²) in [5, 5.41) is 0.415. The van der Waals surface area contributed by atoms with Crippen molar-refractivity contribution < 1.29 is 19.1 Å². The molecule has 0 unspecified atom stereocenters. The van der Waals surface area contributed by atoms with E-state index in [2.05, 4.69) is 0 Å². The van der Waals surface area contributed by atoms with Crippen LogP contribution in [0.4, 0.5) is 0 Å². The molecule has 0 saturated heterocycles. The fourth-order valence-corrected chi connectivity index (χ4v) is 5.40. The fraction of sp³-hybridized carbons (Fsp3) is 0.257. The molecule has 1 atom stereocenters. The summed E-state index contributed by atoms with van der Waals surface area (Å²) in [5.41, 5.74) is 3.23. The van der Waals surface area contributed by atoms with Crippen LogP contribution in [0.5, 0.6) is 5.75 Å². The average Bonchev–Trinajstić information content (AvgIpc) is 3.80. The minimum atomic E-state index is -0.814. The molecular weight excluding hydrogens is 550 g/mol. The van der Waals surface area contributed by atoms with E-state index in [4.69, 9.17) is 16.3 Å². The lowest BCUT2D eigenvalue weighted by Crippen LogP contribution is -2.32. The van der Waals surface area contributed by atoms with Gasteiger partial charge in [-0.05, 0) is 60.6 Å². The summed E-state index contributed by atoms with van der Waals surface area (Å²) in [7, 11) is 1.48. The van der Waals surface area contributed by atoms with E-state index in [0.717, 1.165) is 24.0 Å². The van der Waals surface area contributed by atoms with E-state index in [9.17, 15) is 19.2 Å². The van der Waals surface area contributed by atoms with Crippen LogP contribution < -0.4 is 10.3 Å². The van der Waals surface area contributed by atoms with Crippen molar-refractivity contribution in [2.75, 3.05) is 7.11 Å². The number of halogens is 1. The van der Waals surface area contributed by atoms with E-state index in [1.165, 1.54) is 30.9 Å². The van der Waals surface area contributed by atoms with Crippen LogP contribution in [-0.4, -0.2) is 29.0 Å². The first-order valence-corrected chi connectivity index (χ1v) is 14.4. The molecule has 7 heteroatoms. The molecule has 1 fully saturated rings. The Hall–Kier alpha value is -4.29. The molecule has 214 valence electrons. The third kappa shape index (κ3) is 6.77. The van der Waals surface area contributed by atoms with Crippen molar-refractivity contribution in [1.82, 2.24) is 4.57 Å². The third-order valence-corrected chi connectivity index (χ3v) is 7.95. The molecule has 0 N–H and O–H groups in total. The molecule has 0 spiro atoms. The molecule has 0 amide bonds. The van der Waals surface area contributed by atoms with Crippen molar-refractivity contribution in [3.63, 3.8) is 0 Å². The topological polar surface area (TPSA) is 82.4 Å². The van der Waals surface area contributed by atoms with Gasteiger partial charge in [-0.3, -0.25) is 19.2 Å². The summed E-state index contributed by atoms with van der Waals surface area (Å²) < 4.78 is 7.08. The summed E-state index contributed by atoms with van der Waals surface area (Å²) >= 11 is 6.25. The maximum Gasteiger partial charge on any atom is 0.252 e. The van der Waals surface area contributed by atoms with Crippen LogP contribution in [0.15, 0.2) is 89.9 Å². The van der Waals surface area contributed by atoms with Crippen LogP contribution in [0.1, 0.15) is 64.1 Å². The van der Waals surface area contributed by atoms with E-state index in [1.807, 2.05) is 42.5 Å². The predicted molar refractivity (Wildman–Crippen MR) is 164 cm³/mol. The first-order chi connectivity index (χ1) is 20.2. The SMILES string of the molecule is COc1cn([C@@H](Cc2ccccc2)C(=O)Cc2ccc(C(=O)CC3CC3)cc2)c(=O)cc1-c1cc(Cl)ccc1C(C)=O. The normalized spacial score (nSPS) is 13.4. The summed E-state index contributed by atoms with van der Waals surface area (Å²) in [6.07, 6.45) is 4.73. The number of ketones is 3. The second-order valence-corrected chi connectivity index (χ2v) is 11.3. The quantitative estimate of drug-likeness (QED) is 0.169. The van der Waals surface area contributed by atoms with Gasteiger partial charge in [-0.1, -0.05) is 66.2 Å². The number of methoxy groups -OCH3 is 1. The van der Waals surface area contributed by atoms with Crippen molar-refractivity contribution in [2.24, 2.45) is 5.92 Å². The molecule has 1 aliphatic carbocycles. The highest BCUT2D eigenvalue weighted by molar-refractivity contribution is 6.31. The van der Waals surface area contributed by atoms with Gasteiger partial charge in [0.25, 0.3) is 5.56 Å². The lowest BCUT2D eigenvalue weighted by atomic mass is 9.95. The third-order valence-electron chi connectivity index (χ3n) is 7.72. The Balaban J connectivity index is 1.49. The molecule has 4 aromatic rings. The number of Topliss-reactive ketones (excluding diaryl/α,β-unsaturated/α-hetero) is 3. The van der Waals surface area contributed by atoms with Gasteiger partial charge in [-0.15, -0.1) is 0 Å². The van der Waals surface area contributed by atoms with Gasteiger partial charge in [0.15, 0.2) is 17.3 Å². The summed E-state index contributed by atoms with van der Waals surface area (Å²) in [6.45, 7) is 1.45. The Labute approximate surface area is 249 Å². The van der Waals surface area contributed by atoms with Crippen LogP contribution in [-0.2, 0) is 17.6 Å². The molecule has 1 aliphatic rings. The van der Waals surface area contributed by atoms with E-state index in [0.29, 0.717) is 51.8 Å². The highest BCUT2D eigenvalue weighted by atomic mass is 35.5. The number of aromatic nitrogens is 1. The molecule has 5 rings (SSSR count). The minimum Gasteiger partial charge on any atom is -0.495 e. The zero-order valence-corrected chi connectivity index (χ0v) is 24.4. The number of hydrogen-bond acceptors (Lipinski definition) is 5. The highest BCUT2D eigenvalue weighted by Gasteiger charge is 2.26. The van der Waals surface area contributed by atoms with E-state index in [-0.39, 0.29) is 23.8 Å². The van der Waals surface area contributed by atoms with Gasteiger partial charge in [0.1, 0.15) is 5.75 Å². The fourth-order valence-electron chi connectivity index (χ4n) is 5.23. The van der Waals surface area contributed by atoms with Crippen LogP contribution in [0.2, 0.25) is 5.02 Å². The van der Waals surface area contributed by atoms with Gasteiger partial charge < -0.3 is 9.30 Å². The van der Waals surface area contributed by atoms with E-state index >= 15 is 0 Å². The maximum absolute atomic E-state index is 13.9. The highest BCUT2D eigenvalue weighted by Crippen LogP contribution is 2.35. The molecule has 3 aromatic carbocycles. The molecule has 0 bridgehead atoms. The number of benzene rings is 3. The second kappa shape index (κ2) is 12.7. The first-order valence-electron chi connectivity index (χ1n) is 14.0. The summed E-state index contributed by atoms with van der Waals surface area (Å²) in [6, 6.07) is 22.2. The zero-order chi connectivity index (χ0) is 29.8. The predicted octanol–water partition coefficient (Wildman–Crippen LogP) is 6.96. The van der Waals surface area contributed by atoms with Crippen molar-refractivity contribution in [3.8, 4) is 16.9 Å². The summed E-state index contributed by atoms with van der Waals surface area (Å²) in [5.74, 6) is 0.643. The number of carbonyl (C=O) groups excluding carboxylic acids is 3. The second-order valence-electron chi connectivity index (χ2n) is 10.9. The van der Waals surface area contributed by atoms with Gasteiger partial charge >= 0.3 is 0 Å². The Morgan fingerprint density at radius 3 is 2.29 bits per heavy atom. The van der Waals surface area contributed by atoms with Gasteiger partial charge in [-0.25, -0.2) is 0 Å². The molecule has 1 aromatic heterocycles. The molecule has 1 heterocycles. The van der Waals surface area contributed by atoms with Crippen LogP contribution in [0, 0.1) is 5.92 Å². The minimum absolute atomic E-state index is 0.0912. The number of pyridine rings is 1. The zero-order valence-electron chi connectivity index (χ0n) is 23.6. The van der Waals surface area contributed by atoms with E-state index in [1.54, 1.807) is 30.3 Å². The Morgan fingerprint density at radius 2 is 1.64 bits per heavy atom. The van der Waals surface area contributed by atoms with Crippen LogP contribution in [0.3, 0.4) is 0 Å². The van der Waals surface area contributed by atoms with Crippen molar-refractivity contribution in [3.05, 3.63) is 123 Å². The lowest BCUT2D eigenvalue weighted by molar-refractivity contribution is -0.121. The standard InChI is InChI=1S/C35H32ClNO5/c1-22(38)28-15-14-27(36)19-29(28)30-20-35(41)37(21-34(30)42-2)31(16-23-6-4-3-5-7-23)33(40)18-25-10-12-26(13-11-25)32(39)17-24-8-9-24/h3-7,10-15,19-21,24,31H,8-9,16-18H2,1-2H3/t31-/m0/s1. The number of nitrogens with zero attached hydrogens (tertiary/aromatic N) is 1. The molecule has 6 nitrogen and oxygen atoms in total. The van der Waals surface area contributed by atoms with Crippen molar-refractivity contribution in [2.45, 2.75) is 45.1 Å². The smallest absolute Gasteiger partial charge is 0.252 e. The van der Waals surface area contributed by atoms with Gasteiger partial charge in [0.05, 0.1) is 19.3 Å². The van der Waals surface area contributed by atoms with Gasteiger partial charge in [-0.2, -0.15) is 0 Å². The van der Waals surface area contributed by atoms with Gasteiger partial charge in [0, 0.05) is 47.0 Å². The molecule has 1 saturated carbocycles. The number of ether oxygens (including phenoxy) is 1. The Bertz CT molecular complexity index is 1690. The van der Waals surface area contributed by atoms with Crippen molar-refractivity contribution >= 4 is 29.0 Å². The van der Waals surface area contributed by atoms with Gasteiger partial charge in [0.2, 0.25) is 0 Å². The number of carbonyl (C=O) groups is 3. The molecule has 0 aliphatic heterocycles. The lowest BCUT2D eigenvalue weighted by Gasteiger charge is -2.22. The molecular formula is C35H32ClNO5. The number of rotatable bonds is 12. The maximum atomic E-state index is 13.9. The molecule has 0 radical (unpaired) electrons. The van der Waals surface area contributed by atoms with Crippen LogP contribution in [0.25, 0.3) is 11.1 Å². The molecule has 42 heavy (non-hydrogen) atoms. The summed E-state index contributed by atoms with van der Waals surface area (Å²) in [4.78, 5) is 52.3. The Kier molecular flexibility index (Phi) is 8.83. The van der Waals surface area contributed by atoms with Crippen molar-refractivity contribution in [1.29, 1.82) is 0 Å². The first kappa shape index (κ1) is 29.2. The monoisotopic (exact) mass is 581 g/mol. The van der Waals surface area contributed by atoms with E-state index < -0.39 is 11.6 Å². The number of hydrogen-bond donors (Lipinski definition) is 0.